The zero-order valence-corrected chi connectivity index (χ0v) is 18.0. The smallest absolute Gasteiger partial charge is 0.350 e. The third kappa shape index (κ3) is 3.81. The molecule has 2 aromatic heterocycles. The lowest BCUT2D eigenvalue weighted by Gasteiger charge is -2.31. The van der Waals surface area contributed by atoms with Crippen molar-refractivity contribution in [3.8, 4) is 0 Å². The first-order valence-electron chi connectivity index (χ1n) is 10.4. The second kappa shape index (κ2) is 7.93. The lowest BCUT2D eigenvalue weighted by molar-refractivity contribution is -0.117. The van der Waals surface area contributed by atoms with E-state index < -0.39 is 0 Å². The van der Waals surface area contributed by atoms with Gasteiger partial charge in [-0.25, -0.2) is 18.9 Å². The number of hydrogen-bond acceptors (Lipinski definition) is 5. The van der Waals surface area contributed by atoms with Gasteiger partial charge in [0, 0.05) is 31.2 Å². The summed E-state index contributed by atoms with van der Waals surface area (Å²) in [5, 5.41) is 7.39. The summed E-state index contributed by atoms with van der Waals surface area (Å²) < 4.78 is 2.68. The predicted molar refractivity (Wildman–Crippen MR) is 117 cm³/mol. The van der Waals surface area contributed by atoms with Gasteiger partial charge in [0.05, 0.1) is 0 Å². The molecular weight excluding hydrogens is 380 g/mol. The van der Waals surface area contributed by atoms with Crippen LogP contribution in [0.5, 0.6) is 0 Å². The van der Waals surface area contributed by atoms with E-state index in [1.54, 1.807) is 12.4 Å². The van der Waals surface area contributed by atoms with Gasteiger partial charge >= 0.3 is 5.69 Å². The number of nitrogens with one attached hydrogen (secondary N) is 1. The Morgan fingerprint density at radius 1 is 1.23 bits per heavy atom. The quantitative estimate of drug-likeness (QED) is 0.718. The van der Waals surface area contributed by atoms with Crippen molar-refractivity contribution in [2.24, 2.45) is 5.92 Å². The number of carbonyl (C=O) groups excluding carboxylic acids is 1. The average molecular weight is 409 g/mol. The van der Waals surface area contributed by atoms with Crippen molar-refractivity contribution < 1.29 is 4.79 Å². The fourth-order valence-electron chi connectivity index (χ4n) is 4.34. The maximum atomic E-state index is 12.8. The Hall–Kier alpha value is -3.16. The number of anilines is 2. The summed E-state index contributed by atoms with van der Waals surface area (Å²) in [7, 11) is 0. The van der Waals surface area contributed by atoms with E-state index in [1.165, 1.54) is 15.5 Å². The van der Waals surface area contributed by atoms with E-state index in [9.17, 15) is 9.59 Å². The molecule has 1 aliphatic rings. The predicted octanol–water partition coefficient (Wildman–Crippen LogP) is 2.69. The molecule has 1 unspecified atom stereocenters. The Morgan fingerprint density at radius 2 is 1.97 bits per heavy atom. The van der Waals surface area contributed by atoms with Crippen LogP contribution >= 0.6 is 0 Å². The number of hydrogen-bond donors (Lipinski definition) is 1. The summed E-state index contributed by atoms with van der Waals surface area (Å²) in [5.41, 5.74) is 4.07. The van der Waals surface area contributed by atoms with Crippen molar-refractivity contribution in [1.82, 2.24) is 19.2 Å². The highest BCUT2D eigenvalue weighted by Crippen LogP contribution is 2.24. The number of aryl methyl sites for hydroxylation is 3. The van der Waals surface area contributed by atoms with Gasteiger partial charge in [-0.15, -0.1) is 5.10 Å². The molecule has 30 heavy (non-hydrogen) atoms. The van der Waals surface area contributed by atoms with Gasteiger partial charge < -0.3 is 10.2 Å². The summed E-state index contributed by atoms with van der Waals surface area (Å²) >= 11 is 0. The Bertz CT molecular complexity index is 1140. The number of rotatable bonds is 4. The summed E-state index contributed by atoms with van der Waals surface area (Å²) in [6.07, 6.45) is 5.50. The van der Waals surface area contributed by atoms with Crippen LogP contribution in [0, 0.1) is 26.7 Å². The molecule has 0 radical (unpaired) electrons. The standard InChI is InChI=1S/C22H28N6O2/c1-14-6-5-8-26(12-14)20-21-25-28(22(30)27(21)9-7-23-20)13-18(29)24-19-16(3)10-15(2)11-17(19)4/h7,9-11,14H,5-6,8,12-13H2,1-4H3,(H,24,29). The highest BCUT2D eigenvalue weighted by Gasteiger charge is 2.22. The van der Waals surface area contributed by atoms with Gasteiger partial charge in [0.15, 0.2) is 5.82 Å². The van der Waals surface area contributed by atoms with Gasteiger partial charge in [0.1, 0.15) is 6.54 Å². The molecule has 0 saturated carbocycles. The van der Waals surface area contributed by atoms with Crippen LogP contribution in [0.4, 0.5) is 11.5 Å². The van der Waals surface area contributed by atoms with Crippen LogP contribution in [-0.2, 0) is 11.3 Å². The van der Waals surface area contributed by atoms with E-state index in [4.69, 9.17) is 0 Å². The van der Waals surface area contributed by atoms with Crippen molar-refractivity contribution in [3.05, 3.63) is 51.7 Å². The molecule has 8 nitrogen and oxygen atoms in total. The number of amides is 1. The van der Waals surface area contributed by atoms with E-state index in [2.05, 4.69) is 27.2 Å². The normalized spacial score (nSPS) is 16.8. The molecule has 1 fully saturated rings. The minimum absolute atomic E-state index is 0.150. The van der Waals surface area contributed by atoms with Gasteiger partial charge in [0.25, 0.3) is 0 Å². The molecule has 1 atom stereocenters. The first kappa shape index (κ1) is 20.1. The molecule has 1 aliphatic heterocycles. The lowest BCUT2D eigenvalue weighted by atomic mass is 10.0. The van der Waals surface area contributed by atoms with Gasteiger partial charge in [-0.2, -0.15) is 0 Å². The fraction of sp³-hybridized carbons (Fsp3) is 0.455. The van der Waals surface area contributed by atoms with E-state index in [0.717, 1.165) is 41.9 Å². The highest BCUT2D eigenvalue weighted by atomic mass is 16.2. The molecule has 158 valence electrons. The zero-order chi connectivity index (χ0) is 21.4. The van der Waals surface area contributed by atoms with Crippen molar-refractivity contribution in [2.45, 2.75) is 47.1 Å². The van der Waals surface area contributed by atoms with Crippen molar-refractivity contribution in [1.29, 1.82) is 0 Å². The fourth-order valence-corrected chi connectivity index (χ4v) is 4.34. The summed E-state index contributed by atoms with van der Waals surface area (Å²) in [6.45, 7) is 9.80. The number of fused-ring (bicyclic) bond motifs is 1. The monoisotopic (exact) mass is 408 g/mol. The Kier molecular flexibility index (Phi) is 5.32. The topological polar surface area (TPSA) is 84.5 Å². The summed E-state index contributed by atoms with van der Waals surface area (Å²) in [4.78, 5) is 32.2. The maximum Gasteiger partial charge on any atom is 0.350 e. The van der Waals surface area contributed by atoms with E-state index in [-0.39, 0.29) is 18.1 Å². The van der Waals surface area contributed by atoms with Gasteiger partial charge in [-0.1, -0.05) is 24.6 Å². The summed E-state index contributed by atoms with van der Waals surface area (Å²) in [5.74, 6) is 0.989. The Labute approximate surface area is 175 Å². The van der Waals surface area contributed by atoms with Gasteiger partial charge in [-0.05, 0) is 50.7 Å². The SMILES string of the molecule is Cc1cc(C)c(NC(=O)Cn2nc3c(N4CCCC(C)C4)nccn3c2=O)c(C)c1. The van der Waals surface area contributed by atoms with Crippen molar-refractivity contribution >= 4 is 23.1 Å². The molecule has 1 amide bonds. The molecule has 8 heteroatoms. The molecule has 0 spiro atoms. The number of carbonyl (C=O) groups is 1. The van der Waals surface area contributed by atoms with Crippen molar-refractivity contribution in [2.75, 3.05) is 23.3 Å². The highest BCUT2D eigenvalue weighted by molar-refractivity contribution is 5.92. The second-order valence-corrected chi connectivity index (χ2v) is 8.40. The van der Waals surface area contributed by atoms with Crippen LogP contribution in [0.2, 0.25) is 0 Å². The van der Waals surface area contributed by atoms with Crippen LogP contribution in [0.25, 0.3) is 5.65 Å². The van der Waals surface area contributed by atoms with Gasteiger partial charge in [0.2, 0.25) is 11.6 Å². The van der Waals surface area contributed by atoms with Crippen LogP contribution in [0.15, 0.2) is 29.3 Å². The molecule has 0 bridgehead atoms. The first-order chi connectivity index (χ1) is 14.3. The maximum absolute atomic E-state index is 12.8. The first-order valence-corrected chi connectivity index (χ1v) is 10.4. The molecule has 0 aliphatic carbocycles. The lowest BCUT2D eigenvalue weighted by Crippen LogP contribution is -2.35. The molecule has 4 rings (SSSR count). The summed E-state index contributed by atoms with van der Waals surface area (Å²) in [6, 6.07) is 4.05. The molecule has 1 aromatic carbocycles. The van der Waals surface area contributed by atoms with Crippen LogP contribution in [0.3, 0.4) is 0 Å². The Morgan fingerprint density at radius 3 is 2.67 bits per heavy atom. The van der Waals surface area contributed by atoms with E-state index in [1.807, 2.05) is 32.9 Å². The number of benzene rings is 1. The van der Waals surface area contributed by atoms with Gasteiger partial charge in [-0.3, -0.25) is 4.79 Å². The third-order valence-corrected chi connectivity index (χ3v) is 5.67. The van der Waals surface area contributed by atoms with Crippen LogP contribution in [-0.4, -0.2) is 38.2 Å². The molecule has 3 heterocycles. The van der Waals surface area contributed by atoms with Crippen molar-refractivity contribution in [3.63, 3.8) is 0 Å². The molecule has 1 saturated heterocycles. The third-order valence-electron chi connectivity index (χ3n) is 5.67. The Balaban J connectivity index is 1.61. The number of piperidine rings is 1. The number of nitrogens with zero attached hydrogens (tertiary/aromatic N) is 5. The molecule has 3 aromatic rings. The average Bonchev–Trinajstić information content (AvgIpc) is 3.00. The zero-order valence-electron chi connectivity index (χ0n) is 18.0. The van der Waals surface area contributed by atoms with E-state index in [0.29, 0.717) is 17.4 Å². The molecular formula is C22H28N6O2. The minimum atomic E-state index is -0.341. The largest absolute Gasteiger partial charge is 0.353 e. The minimum Gasteiger partial charge on any atom is -0.353 e. The molecule has 1 N–H and O–H groups in total. The van der Waals surface area contributed by atoms with E-state index >= 15 is 0 Å². The second-order valence-electron chi connectivity index (χ2n) is 8.40. The van der Waals surface area contributed by atoms with Crippen LogP contribution < -0.4 is 15.9 Å². The van der Waals surface area contributed by atoms with Crippen LogP contribution in [0.1, 0.15) is 36.5 Å². The number of aromatic nitrogens is 4.